The highest BCUT2D eigenvalue weighted by molar-refractivity contribution is 5.90. The van der Waals surface area contributed by atoms with Gasteiger partial charge < -0.3 is 9.30 Å². The summed E-state index contributed by atoms with van der Waals surface area (Å²) in [5, 5.41) is 0. The average Bonchev–Trinajstić information content (AvgIpc) is 2.99. The monoisotopic (exact) mass is 402 g/mol. The van der Waals surface area contributed by atoms with Crippen molar-refractivity contribution < 1.29 is 9.53 Å². The van der Waals surface area contributed by atoms with Crippen molar-refractivity contribution in [3.63, 3.8) is 0 Å². The Morgan fingerprint density at radius 1 is 1.03 bits per heavy atom. The first-order valence-corrected chi connectivity index (χ1v) is 10.3. The molecule has 4 nitrogen and oxygen atoms in total. The van der Waals surface area contributed by atoms with E-state index in [2.05, 4.69) is 74.5 Å². The second kappa shape index (κ2) is 8.70. The second-order valence-electron chi connectivity index (χ2n) is 8.48. The summed E-state index contributed by atoms with van der Waals surface area (Å²) in [5.41, 5.74) is 7.31. The largest absolute Gasteiger partial charge is 0.462 e. The van der Waals surface area contributed by atoms with Crippen molar-refractivity contribution in [3.8, 4) is 5.69 Å². The molecule has 3 rings (SSSR count). The molecule has 0 atom stereocenters. The Kier molecular flexibility index (Phi) is 6.25. The van der Waals surface area contributed by atoms with Crippen LogP contribution in [-0.4, -0.2) is 23.4 Å². The van der Waals surface area contributed by atoms with Crippen LogP contribution in [0.2, 0.25) is 0 Å². The molecule has 0 unspecified atom stereocenters. The fourth-order valence-corrected chi connectivity index (χ4v) is 3.47. The number of aryl methyl sites for hydroxylation is 1. The predicted molar refractivity (Wildman–Crippen MR) is 124 cm³/mol. The quantitative estimate of drug-likeness (QED) is 0.370. The Morgan fingerprint density at radius 3 is 2.23 bits per heavy atom. The van der Waals surface area contributed by atoms with Gasteiger partial charge in [0.2, 0.25) is 0 Å². The highest BCUT2D eigenvalue weighted by Crippen LogP contribution is 2.26. The lowest BCUT2D eigenvalue weighted by molar-refractivity contribution is 0.0526. The molecule has 0 aliphatic heterocycles. The van der Waals surface area contributed by atoms with E-state index in [1.165, 1.54) is 5.56 Å². The van der Waals surface area contributed by atoms with Gasteiger partial charge in [0.15, 0.2) is 0 Å². The van der Waals surface area contributed by atoms with Gasteiger partial charge in [0.25, 0.3) is 0 Å². The molecule has 0 fully saturated rings. The standard InChI is InChI=1S/C26H30N2O2/c1-7-30-25(29)20-8-12-23(13-9-20)27-17-21-16-18(2)28(19(21)3)24-14-10-22(11-15-24)26(4,5)6/h8-17H,7H2,1-6H3. The number of esters is 1. The molecular weight excluding hydrogens is 372 g/mol. The summed E-state index contributed by atoms with van der Waals surface area (Å²) in [6.07, 6.45) is 1.88. The molecule has 1 aromatic heterocycles. The Hall–Kier alpha value is -3.14. The number of aromatic nitrogens is 1. The van der Waals surface area contributed by atoms with Crippen molar-refractivity contribution in [3.05, 3.63) is 82.7 Å². The zero-order chi connectivity index (χ0) is 21.9. The van der Waals surface area contributed by atoms with Gasteiger partial charge in [-0.2, -0.15) is 0 Å². The zero-order valence-corrected chi connectivity index (χ0v) is 18.7. The van der Waals surface area contributed by atoms with E-state index in [0.29, 0.717) is 12.2 Å². The first kappa shape index (κ1) is 21.6. The third-order valence-electron chi connectivity index (χ3n) is 5.19. The number of rotatable bonds is 5. The third-order valence-corrected chi connectivity index (χ3v) is 5.19. The Bertz CT molecular complexity index is 1050. The van der Waals surface area contributed by atoms with Gasteiger partial charge >= 0.3 is 5.97 Å². The molecule has 1 heterocycles. The van der Waals surface area contributed by atoms with Gasteiger partial charge in [0, 0.05) is 28.9 Å². The third kappa shape index (κ3) is 4.70. The molecule has 0 radical (unpaired) electrons. The van der Waals surface area contributed by atoms with Crippen LogP contribution in [0.3, 0.4) is 0 Å². The minimum absolute atomic E-state index is 0.139. The van der Waals surface area contributed by atoms with E-state index in [0.717, 1.165) is 28.3 Å². The minimum Gasteiger partial charge on any atom is -0.462 e. The van der Waals surface area contributed by atoms with E-state index in [-0.39, 0.29) is 11.4 Å². The highest BCUT2D eigenvalue weighted by Gasteiger charge is 2.14. The summed E-state index contributed by atoms with van der Waals surface area (Å²) in [7, 11) is 0. The molecule has 0 amide bonds. The summed E-state index contributed by atoms with van der Waals surface area (Å²) in [6, 6.07) is 18.0. The number of carbonyl (C=O) groups excluding carboxylic acids is 1. The molecule has 2 aromatic carbocycles. The van der Waals surface area contributed by atoms with Gasteiger partial charge in [-0.3, -0.25) is 4.99 Å². The highest BCUT2D eigenvalue weighted by atomic mass is 16.5. The van der Waals surface area contributed by atoms with Crippen LogP contribution >= 0.6 is 0 Å². The van der Waals surface area contributed by atoms with E-state index in [1.54, 1.807) is 19.1 Å². The number of aliphatic imine (C=N–C) groups is 1. The first-order chi connectivity index (χ1) is 14.2. The summed E-state index contributed by atoms with van der Waals surface area (Å²) in [6.45, 7) is 13.1. The van der Waals surface area contributed by atoms with Crippen LogP contribution in [0.15, 0.2) is 59.6 Å². The zero-order valence-electron chi connectivity index (χ0n) is 18.7. The van der Waals surface area contributed by atoms with E-state index < -0.39 is 0 Å². The van der Waals surface area contributed by atoms with E-state index in [4.69, 9.17) is 4.74 Å². The minimum atomic E-state index is -0.311. The number of benzene rings is 2. The van der Waals surface area contributed by atoms with Crippen molar-refractivity contribution in [2.45, 2.75) is 47.0 Å². The Morgan fingerprint density at radius 2 is 1.67 bits per heavy atom. The fraction of sp³-hybridized carbons (Fsp3) is 0.308. The molecule has 0 saturated carbocycles. The number of ether oxygens (including phenoxy) is 1. The van der Waals surface area contributed by atoms with Gasteiger partial charge in [-0.1, -0.05) is 32.9 Å². The lowest BCUT2D eigenvalue weighted by atomic mass is 9.87. The van der Waals surface area contributed by atoms with Crippen LogP contribution < -0.4 is 0 Å². The summed E-state index contributed by atoms with van der Waals surface area (Å²) in [4.78, 5) is 16.4. The summed E-state index contributed by atoms with van der Waals surface area (Å²) < 4.78 is 7.26. The van der Waals surface area contributed by atoms with E-state index in [1.807, 2.05) is 18.3 Å². The lowest BCUT2D eigenvalue weighted by Gasteiger charge is -2.20. The molecule has 0 N–H and O–H groups in total. The van der Waals surface area contributed by atoms with Gasteiger partial charge in [0.1, 0.15) is 0 Å². The fourth-order valence-electron chi connectivity index (χ4n) is 3.47. The van der Waals surface area contributed by atoms with Crippen LogP contribution in [0.1, 0.15) is 60.6 Å². The van der Waals surface area contributed by atoms with E-state index in [9.17, 15) is 4.79 Å². The van der Waals surface area contributed by atoms with Crippen molar-refractivity contribution in [2.24, 2.45) is 4.99 Å². The van der Waals surface area contributed by atoms with Gasteiger partial charge in [0.05, 0.1) is 17.9 Å². The molecule has 4 heteroatoms. The normalized spacial score (nSPS) is 11.8. The maximum atomic E-state index is 11.8. The smallest absolute Gasteiger partial charge is 0.338 e. The van der Waals surface area contributed by atoms with Crippen LogP contribution in [0.25, 0.3) is 5.69 Å². The maximum absolute atomic E-state index is 11.8. The Balaban J connectivity index is 1.83. The SMILES string of the molecule is CCOC(=O)c1ccc(N=Cc2cc(C)n(-c3ccc(C(C)(C)C)cc3)c2C)cc1. The number of nitrogens with zero attached hydrogens (tertiary/aromatic N) is 2. The molecule has 0 aliphatic carbocycles. The number of carbonyl (C=O) groups is 1. The lowest BCUT2D eigenvalue weighted by Crippen LogP contribution is -2.11. The van der Waals surface area contributed by atoms with Gasteiger partial charge in [-0.15, -0.1) is 0 Å². The van der Waals surface area contributed by atoms with Crippen LogP contribution in [-0.2, 0) is 10.2 Å². The molecule has 0 saturated heterocycles. The summed E-state index contributed by atoms with van der Waals surface area (Å²) in [5.74, 6) is -0.311. The average molecular weight is 403 g/mol. The number of hydrogen-bond donors (Lipinski definition) is 0. The number of hydrogen-bond acceptors (Lipinski definition) is 3. The van der Waals surface area contributed by atoms with Crippen molar-refractivity contribution in [2.75, 3.05) is 6.61 Å². The van der Waals surface area contributed by atoms with Gasteiger partial charge in [-0.05, 0) is 74.2 Å². The molecule has 0 spiro atoms. The topological polar surface area (TPSA) is 43.6 Å². The maximum Gasteiger partial charge on any atom is 0.338 e. The van der Waals surface area contributed by atoms with Crippen molar-refractivity contribution in [1.82, 2.24) is 4.57 Å². The van der Waals surface area contributed by atoms with E-state index >= 15 is 0 Å². The molecular formula is C26H30N2O2. The first-order valence-electron chi connectivity index (χ1n) is 10.3. The molecule has 30 heavy (non-hydrogen) atoms. The molecule has 156 valence electrons. The molecule has 0 aliphatic rings. The molecule has 3 aromatic rings. The van der Waals surface area contributed by atoms with Crippen LogP contribution in [0, 0.1) is 13.8 Å². The second-order valence-corrected chi connectivity index (χ2v) is 8.48. The Labute approximate surface area is 179 Å². The van der Waals surface area contributed by atoms with Crippen LogP contribution in [0.4, 0.5) is 5.69 Å². The molecule has 0 bridgehead atoms. The van der Waals surface area contributed by atoms with Gasteiger partial charge in [-0.25, -0.2) is 4.79 Å². The summed E-state index contributed by atoms with van der Waals surface area (Å²) >= 11 is 0. The van der Waals surface area contributed by atoms with Crippen LogP contribution in [0.5, 0.6) is 0 Å². The van der Waals surface area contributed by atoms with Crippen molar-refractivity contribution in [1.29, 1.82) is 0 Å². The predicted octanol–water partition coefficient (Wildman–Crippen LogP) is 6.32. The van der Waals surface area contributed by atoms with Crippen molar-refractivity contribution >= 4 is 17.9 Å².